The van der Waals surface area contributed by atoms with Gasteiger partial charge in [0.1, 0.15) is 11.6 Å². The summed E-state index contributed by atoms with van der Waals surface area (Å²) in [5.41, 5.74) is 0. The highest BCUT2D eigenvalue weighted by molar-refractivity contribution is 5.39. The van der Waals surface area contributed by atoms with Crippen molar-refractivity contribution in [1.82, 2.24) is 9.97 Å². The van der Waals surface area contributed by atoms with Gasteiger partial charge in [-0.3, -0.25) is 0 Å². The van der Waals surface area contributed by atoms with Crippen LogP contribution in [-0.4, -0.2) is 35.8 Å². The van der Waals surface area contributed by atoms with Crippen molar-refractivity contribution in [2.24, 2.45) is 5.92 Å². The summed E-state index contributed by atoms with van der Waals surface area (Å²) in [4.78, 5) is 11.0. The molecule has 0 unspecified atom stereocenters. The maximum absolute atomic E-state index is 5.58. The summed E-state index contributed by atoms with van der Waals surface area (Å²) in [5.74, 6) is 2.54. The van der Waals surface area contributed by atoms with Gasteiger partial charge in [-0.15, -0.1) is 0 Å². The molecule has 0 bridgehead atoms. The molecule has 1 saturated heterocycles. The third-order valence-corrected chi connectivity index (χ3v) is 3.03. The van der Waals surface area contributed by atoms with E-state index in [1.807, 2.05) is 19.2 Å². The van der Waals surface area contributed by atoms with Gasteiger partial charge >= 0.3 is 0 Å². The Labute approximate surface area is 103 Å². The van der Waals surface area contributed by atoms with E-state index in [1.165, 1.54) is 0 Å². The fourth-order valence-corrected chi connectivity index (χ4v) is 2.30. The molecule has 0 spiro atoms. The Kier molecular flexibility index (Phi) is 3.94. The molecule has 0 saturated carbocycles. The Hall–Kier alpha value is -1.16. The average Bonchev–Trinajstić information content (AvgIpc) is 2.29. The van der Waals surface area contributed by atoms with E-state index in [-0.39, 0.29) is 0 Å². The van der Waals surface area contributed by atoms with E-state index in [2.05, 4.69) is 28.7 Å². The van der Waals surface area contributed by atoms with Crippen molar-refractivity contribution in [3.05, 3.63) is 18.1 Å². The first-order valence-electron chi connectivity index (χ1n) is 6.31. The molecule has 1 atom stereocenters. The van der Waals surface area contributed by atoms with Crippen molar-refractivity contribution in [3.8, 4) is 0 Å². The van der Waals surface area contributed by atoms with Crippen LogP contribution in [0.1, 0.15) is 26.1 Å². The lowest BCUT2D eigenvalue weighted by Crippen LogP contribution is -2.46. The number of hydrogen-bond donors (Lipinski definition) is 0. The molecule has 0 amide bonds. The van der Waals surface area contributed by atoms with Crippen molar-refractivity contribution in [3.63, 3.8) is 0 Å². The van der Waals surface area contributed by atoms with Gasteiger partial charge in [0.2, 0.25) is 0 Å². The molecular weight excluding hydrogens is 214 g/mol. The standard InChI is InChI=1S/C13H21N3O/c1-10(2)8-12-9-17-7-6-16(12)13-4-5-14-11(3)15-13/h4-5,10,12H,6-9H2,1-3H3/t12-/m0/s1. The molecule has 1 fully saturated rings. The monoisotopic (exact) mass is 235 g/mol. The number of anilines is 1. The third kappa shape index (κ3) is 3.16. The summed E-state index contributed by atoms with van der Waals surface area (Å²) in [7, 11) is 0. The van der Waals surface area contributed by atoms with Crippen LogP contribution in [0.2, 0.25) is 0 Å². The second-order valence-corrected chi connectivity index (χ2v) is 5.01. The van der Waals surface area contributed by atoms with E-state index in [0.717, 1.165) is 37.8 Å². The average molecular weight is 235 g/mol. The van der Waals surface area contributed by atoms with Crippen LogP contribution in [0.4, 0.5) is 5.82 Å². The summed E-state index contributed by atoms with van der Waals surface area (Å²) in [5, 5.41) is 0. The zero-order chi connectivity index (χ0) is 12.3. The number of morpholine rings is 1. The Morgan fingerprint density at radius 1 is 1.53 bits per heavy atom. The van der Waals surface area contributed by atoms with E-state index < -0.39 is 0 Å². The quantitative estimate of drug-likeness (QED) is 0.803. The second kappa shape index (κ2) is 5.45. The number of aromatic nitrogens is 2. The molecule has 0 aromatic carbocycles. The first kappa shape index (κ1) is 12.3. The van der Waals surface area contributed by atoms with Crippen molar-refractivity contribution >= 4 is 5.82 Å². The van der Waals surface area contributed by atoms with Gasteiger partial charge in [0.05, 0.1) is 19.3 Å². The third-order valence-electron chi connectivity index (χ3n) is 3.03. The van der Waals surface area contributed by atoms with Crippen LogP contribution in [0.15, 0.2) is 12.3 Å². The number of hydrogen-bond acceptors (Lipinski definition) is 4. The molecule has 0 aliphatic carbocycles. The SMILES string of the molecule is Cc1nccc(N2CCOC[C@@H]2CC(C)C)n1. The van der Waals surface area contributed by atoms with Crippen LogP contribution >= 0.6 is 0 Å². The van der Waals surface area contributed by atoms with Crippen molar-refractivity contribution in [2.45, 2.75) is 33.2 Å². The highest BCUT2D eigenvalue weighted by Gasteiger charge is 2.24. The second-order valence-electron chi connectivity index (χ2n) is 5.01. The first-order valence-corrected chi connectivity index (χ1v) is 6.31. The molecule has 1 aromatic rings. The van der Waals surface area contributed by atoms with Gasteiger partial charge in [-0.05, 0) is 25.3 Å². The summed E-state index contributed by atoms with van der Waals surface area (Å²) in [6.45, 7) is 8.95. The molecule has 0 radical (unpaired) electrons. The highest BCUT2D eigenvalue weighted by atomic mass is 16.5. The molecule has 94 valence electrons. The first-order chi connectivity index (χ1) is 8.16. The molecule has 1 aliphatic rings. The largest absolute Gasteiger partial charge is 0.377 e. The van der Waals surface area contributed by atoms with Gasteiger partial charge in [-0.2, -0.15) is 0 Å². The summed E-state index contributed by atoms with van der Waals surface area (Å²) < 4.78 is 5.58. The van der Waals surface area contributed by atoms with Crippen molar-refractivity contribution in [2.75, 3.05) is 24.7 Å². The van der Waals surface area contributed by atoms with E-state index in [4.69, 9.17) is 4.74 Å². The van der Waals surface area contributed by atoms with Gasteiger partial charge in [0.25, 0.3) is 0 Å². The van der Waals surface area contributed by atoms with E-state index >= 15 is 0 Å². The summed E-state index contributed by atoms with van der Waals surface area (Å²) in [6.07, 6.45) is 2.97. The number of rotatable bonds is 3. The van der Waals surface area contributed by atoms with Crippen LogP contribution in [0.5, 0.6) is 0 Å². The lowest BCUT2D eigenvalue weighted by atomic mass is 10.0. The molecule has 2 rings (SSSR count). The molecule has 2 heterocycles. The van der Waals surface area contributed by atoms with Crippen LogP contribution in [0.25, 0.3) is 0 Å². The molecule has 1 aliphatic heterocycles. The zero-order valence-corrected chi connectivity index (χ0v) is 10.9. The highest BCUT2D eigenvalue weighted by Crippen LogP contribution is 2.21. The van der Waals surface area contributed by atoms with Gasteiger partial charge in [0.15, 0.2) is 0 Å². The molecule has 4 heteroatoms. The summed E-state index contributed by atoms with van der Waals surface area (Å²) >= 11 is 0. The topological polar surface area (TPSA) is 38.2 Å². The normalized spacial score (nSPS) is 20.9. The maximum Gasteiger partial charge on any atom is 0.132 e. The fourth-order valence-electron chi connectivity index (χ4n) is 2.30. The smallest absolute Gasteiger partial charge is 0.132 e. The Morgan fingerprint density at radius 2 is 2.35 bits per heavy atom. The van der Waals surface area contributed by atoms with Crippen molar-refractivity contribution < 1.29 is 4.74 Å². The van der Waals surface area contributed by atoms with Crippen molar-refractivity contribution in [1.29, 1.82) is 0 Å². The van der Waals surface area contributed by atoms with Crippen LogP contribution in [-0.2, 0) is 4.74 Å². The summed E-state index contributed by atoms with van der Waals surface area (Å²) in [6, 6.07) is 2.43. The minimum Gasteiger partial charge on any atom is -0.377 e. The molecule has 1 aromatic heterocycles. The molecular formula is C13H21N3O. The minimum absolute atomic E-state index is 0.443. The van der Waals surface area contributed by atoms with E-state index in [1.54, 1.807) is 0 Å². The zero-order valence-electron chi connectivity index (χ0n) is 10.9. The lowest BCUT2D eigenvalue weighted by Gasteiger charge is -2.37. The Morgan fingerprint density at radius 3 is 3.06 bits per heavy atom. The van der Waals surface area contributed by atoms with E-state index in [0.29, 0.717) is 12.0 Å². The molecule has 4 nitrogen and oxygen atoms in total. The van der Waals surface area contributed by atoms with Gasteiger partial charge in [-0.1, -0.05) is 13.8 Å². The predicted molar refractivity (Wildman–Crippen MR) is 68.2 cm³/mol. The predicted octanol–water partition coefficient (Wildman–Crippen LogP) is 2.04. The van der Waals surface area contributed by atoms with Crippen LogP contribution in [0.3, 0.4) is 0 Å². The Bertz CT molecular complexity index is 367. The number of ether oxygens (including phenoxy) is 1. The van der Waals surface area contributed by atoms with E-state index in [9.17, 15) is 0 Å². The molecule has 17 heavy (non-hydrogen) atoms. The van der Waals surface area contributed by atoms with Gasteiger partial charge in [0, 0.05) is 12.7 Å². The fraction of sp³-hybridized carbons (Fsp3) is 0.692. The van der Waals surface area contributed by atoms with Gasteiger partial charge < -0.3 is 9.64 Å². The number of aryl methyl sites for hydroxylation is 1. The van der Waals surface area contributed by atoms with Crippen LogP contribution < -0.4 is 4.90 Å². The molecule has 0 N–H and O–H groups in total. The lowest BCUT2D eigenvalue weighted by molar-refractivity contribution is 0.0873. The number of nitrogens with zero attached hydrogens (tertiary/aromatic N) is 3. The Balaban J connectivity index is 2.15. The van der Waals surface area contributed by atoms with Gasteiger partial charge in [-0.25, -0.2) is 9.97 Å². The van der Waals surface area contributed by atoms with Crippen LogP contribution in [0, 0.1) is 12.8 Å². The maximum atomic E-state index is 5.58. The minimum atomic E-state index is 0.443.